The van der Waals surface area contributed by atoms with Gasteiger partial charge in [0.2, 0.25) is 0 Å². The van der Waals surface area contributed by atoms with E-state index in [9.17, 15) is 62.4 Å². The molecule has 4 unspecified atom stereocenters. The molecule has 4 amide bonds. The molecule has 0 aromatic heterocycles. The van der Waals surface area contributed by atoms with Gasteiger partial charge in [0.1, 0.15) is 0 Å². The first-order valence-electron chi connectivity index (χ1n) is 12.9. The van der Waals surface area contributed by atoms with Gasteiger partial charge in [-0.25, -0.2) is 0 Å². The van der Waals surface area contributed by atoms with Crippen LogP contribution in [0.2, 0.25) is 0 Å². The molecule has 3 fully saturated rings. The first-order valence-corrected chi connectivity index (χ1v) is 15.7. The van der Waals surface area contributed by atoms with Crippen LogP contribution in [-0.4, -0.2) is 50.6 Å². The zero-order valence-electron chi connectivity index (χ0n) is 22.3. The number of hydroxylamine groups is 4. The Morgan fingerprint density at radius 1 is 0.500 bits per heavy atom. The van der Waals surface area contributed by atoms with E-state index in [-0.39, 0.29) is 10.1 Å². The number of imide groups is 2. The Bertz CT molecular complexity index is 1740. The molecule has 0 N–H and O–H groups in total. The van der Waals surface area contributed by atoms with Crippen LogP contribution in [0.15, 0.2) is 70.5 Å². The summed E-state index contributed by atoms with van der Waals surface area (Å²) in [7, 11) is -10.1. The molecule has 2 heterocycles. The number of carbonyl (C=O) groups excluding carboxylic acids is 4. The van der Waals surface area contributed by atoms with E-state index < -0.39 is 113 Å². The summed E-state index contributed by atoms with van der Waals surface area (Å²) < 4.78 is 138. The number of benzene rings is 2. The monoisotopic (exact) mass is 694 g/mol. The van der Waals surface area contributed by atoms with Crippen LogP contribution in [0.5, 0.6) is 0 Å². The predicted octanol–water partition coefficient (Wildman–Crippen LogP) is 2.68. The Morgan fingerprint density at radius 2 is 0.761 bits per heavy atom. The molecule has 20 heteroatoms. The van der Waals surface area contributed by atoms with Crippen molar-refractivity contribution in [2.24, 2.45) is 35.5 Å². The number of allylic oxidation sites excluding steroid dienone is 2. The fourth-order valence-electron chi connectivity index (χ4n) is 6.22. The highest BCUT2D eigenvalue weighted by Gasteiger charge is 2.70. The number of hydrogen-bond acceptors (Lipinski definition) is 10. The summed E-state index contributed by atoms with van der Waals surface area (Å²) in [6, 6.07) is 3.98. The van der Waals surface area contributed by atoms with Gasteiger partial charge in [-0.3, -0.25) is 19.2 Å². The molecule has 2 aromatic rings. The highest BCUT2D eigenvalue weighted by Crippen LogP contribution is 2.58. The second-order valence-electron chi connectivity index (χ2n) is 10.7. The first-order chi connectivity index (χ1) is 21.2. The van der Waals surface area contributed by atoms with Crippen LogP contribution >= 0.6 is 0 Å². The van der Waals surface area contributed by atoms with Gasteiger partial charge in [-0.05, 0) is 48.5 Å². The highest BCUT2D eigenvalue weighted by atomic mass is 32.2. The molecule has 7 rings (SSSR count). The van der Waals surface area contributed by atoms with E-state index in [1.165, 1.54) is 12.2 Å². The van der Waals surface area contributed by atoms with Gasteiger partial charge < -0.3 is 0 Å². The van der Waals surface area contributed by atoms with Crippen molar-refractivity contribution in [1.82, 2.24) is 10.1 Å². The van der Waals surface area contributed by atoms with E-state index >= 15 is 0 Å². The van der Waals surface area contributed by atoms with Crippen LogP contribution < -0.4 is 0 Å². The summed E-state index contributed by atoms with van der Waals surface area (Å²) >= 11 is 0. The van der Waals surface area contributed by atoms with Crippen molar-refractivity contribution in [3.8, 4) is 0 Å². The van der Waals surface area contributed by atoms with E-state index in [1.54, 1.807) is 0 Å². The lowest BCUT2D eigenvalue weighted by Gasteiger charge is -2.44. The minimum atomic E-state index is -5.03. The topological polar surface area (TPSA) is 161 Å². The smallest absolute Gasteiger partial charge is 0.272 e. The number of hydrogen-bond donors (Lipinski definition) is 0. The second kappa shape index (κ2) is 10.2. The lowest BCUT2D eigenvalue weighted by molar-refractivity contribution is -0.166. The Morgan fingerprint density at radius 3 is 1.00 bits per heavy atom. The summed E-state index contributed by atoms with van der Waals surface area (Å²) in [5.41, 5.74) is -2.36. The van der Waals surface area contributed by atoms with E-state index in [4.69, 9.17) is 8.57 Å². The molecule has 2 aromatic carbocycles. The molecule has 1 saturated carbocycles. The molecule has 2 saturated heterocycles. The van der Waals surface area contributed by atoms with Crippen LogP contribution in [-0.2, 0) is 60.3 Å². The minimum Gasteiger partial charge on any atom is -0.272 e. The second-order valence-corrected chi connectivity index (χ2v) is 13.7. The third-order valence-electron chi connectivity index (χ3n) is 8.22. The Labute approximate surface area is 254 Å². The number of nitrogens with zero attached hydrogens (tertiary/aromatic N) is 2. The maximum atomic E-state index is 13.3. The van der Waals surface area contributed by atoms with Crippen LogP contribution in [0.1, 0.15) is 11.1 Å². The number of alkyl halides is 6. The lowest BCUT2D eigenvalue weighted by atomic mass is 9.54. The van der Waals surface area contributed by atoms with Crippen LogP contribution in [0.25, 0.3) is 0 Å². The molecule has 5 aliphatic rings. The average molecular weight is 695 g/mol. The standard InChI is InChI=1S/C26H16F6N2O10S2/c27-25(28,29)11-1-5-13(6-2-11)45(39,40)43-33-21(35)17-15-9-10-16(18(17)22(33)36)20-19(15)23(37)34(24(20)38)44-46(41,42)14-7-3-12(4-8-14)26(30,31)32/h1-10,15-20H. The first kappa shape index (κ1) is 31.8. The molecule has 0 spiro atoms. The number of amides is 4. The van der Waals surface area contributed by atoms with Gasteiger partial charge in [0.25, 0.3) is 23.6 Å². The Balaban J connectivity index is 1.23. The zero-order chi connectivity index (χ0) is 33.7. The number of carbonyl (C=O) groups is 4. The van der Waals surface area contributed by atoms with Crippen molar-refractivity contribution >= 4 is 43.9 Å². The third kappa shape index (κ3) is 4.90. The highest BCUT2D eigenvalue weighted by molar-refractivity contribution is 7.87. The van der Waals surface area contributed by atoms with Crippen molar-refractivity contribution in [3.63, 3.8) is 0 Å². The van der Waals surface area contributed by atoms with E-state index in [1.807, 2.05) is 0 Å². The summed E-state index contributed by atoms with van der Waals surface area (Å²) in [6.07, 6.45) is -6.92. The van der Waals surface area contributed by atoms with Crippen molar-refractivity contribution in [3.05, 3.63) is 71.8 Å². The number of halogens is 6. The quantitative estimate of drug-likeness (QED) is 0.250. The molecule has 0 radical (unpaired) electrons. The van der Waals surface area contributed by atoms with Gasteiger partial charge in [0.05, 0.1) is 44.6 Å². The van der Waals surface area contributed by atoms with Crippen LogP contribution in [0.3, 0.4) is 0 Å². The van der Waals surface area contributed by atoms with Gasteiger partial charge in [-0.2, -0.15) is 43.2 Å². The third-order valence-corrected chi connectivity index (χ3v) is 10.6. The molecule has 4 atom stereocenters. The minimum absolute atomic E-state index is 0.0886. The fourth-order valence-corrected chi connectivity index (χ4v) is 8.02. The van der Waals surface area contributed by atoms with Crippen molar-refractivity contribution in [2.45, 2.75) is 22.1 Å². The summed E-state index contributed by atoms with van der Waals surface area (Å²) in [5, 5.41) is -0.177. The molecule has 46 heavy (non-hydrogen) atoms. The molecule has 244 valence electrons. The average Bonchev–Trinajstić information content (AvgIpc) is 3.39. The SMILES string of the molecule is O=C1C2C3C=CC(C2C(=O)N1OS(=O)(=O)c1ccc(C(F)(F)F)cc1)C1C(=O)N(OS(=O)(=O)c2ccc(C(F)(F)F)cc2)C(=O)C31. The van der Waals surface area contributed by atoms with Crippen molar-refractivity contribution < 1.29 is 70.9 Å². The molecule has 3 aliphatic carbocycles. The summed E-state index contributed by atoms with van der Waals surface area (Å²) in [5.74, 6) is -13.2. The molecular weight excluding hydrogens is 678 g/mol. The summed E-state index contributed by atoms with van der Waals surface area (Å²) in [6.45, 7) is 0. The largest absolute Gasteiger partial charge is 0.416 e. The predicted molar refractivity (Wildman–Crippen MR) is 133 cm³/mol. The van der Waals surface area contributed by atoms with E-state index in [2.05, 4.69) is 0 Å². The molecular formula is C26H16F6N2O10S2. The van der Waals surface area contributed by atoms with Crippen LogP contribution in [0, 0.1) is 35.5 Å². The van der Waals surface area contributed by atoms with E-state index in [0.717, 1.165) is 0 Å². The molecule has 2 aliphatic heterocycles. The normalized spacial score (nSPS) is 27.9. The maximum absolute atomic E-state index is 13.3. The van der Waals surface area contributed by atoms with Gasteiger partial charge in [-0.1, -0.05) is 12.2 Å². The van der Waals surface area contributed by atoms with Gasteiger partial charge in [0.15, 0.2) is 0 Å². The summed E-state index contributed by atoms with van der Waals surface area (Å²) in [4.78, 5) is 51.6. The van der Waals surface area contributed by atoms with Crippen molar-refractivity contribution in [2.75, 3.05) is 0 Å². The van der Waals surface area contributed by atoms with Gasteiger partial charge in [-0.15, -0.1) is 18.7 Å². The number of rotatable bonds is 6. The van der Waals surface area contributed by atoms with Gasteiger partial charge >= 0.3 is 32.6 Å². The zero-order valence-corrected chi connectivity index (χ0v) is 23.9. The lowest BCUT2D eigenvalue weighted by Crippen LogP contribution is -2.50. The van der Waals surface area contributed by atoms with Gasteiger partial charge in [0, 0.05) is 11.8 Å². The molecule has 12 nitrogen and oxygen atoms in total. The van der Waals surface area contributed by atoms with Crippen LogP contribution in [0.4, 0.5) is 26.3 Å². The maximum Gasteiger partial charge on any atom is 0.416 e. The fraction of sp³-hybridized carbons (Fsp3) is 0.308. The van der Waals surface area contributed by atoms with E-state index in [0.29, 0.717) is 48.5 Å². The van der Waals surface area contributed by atoms with Crippen molar-refractivity contribution in [1.29, 1.82) is 0 Å². The molecule has 2 bridgehead atoms. The Hall–Kier alpha value is -4.14. The Kier molecular flexibility index (Phi) is 7.04.